The third kappa shape index (κ3) is 2.46. The van der Waals surface area contributed by atoms with Crippen molar-refractivity contribution >= 4 is 11.9 Å². The Labute approximate surface area is 99.6 Å². The number of rotatable bonds is 3. The highest BCUT2D eigenvalue weighted by molar-refractivity contribution is 5.96. The summed E-state index contributed by atoms with van der Waals surface area (Å²) in [6.45, 7) is 1.45. The number of amides is 1. The van der Waals surface area contributed by atoms with Crippen LogP contribution >= 0.6 is 0 Å². The average molecular weight is 233 g/mol. The van der Waals surface area contributed by atoms with Crippen molar-refractivity contribution in [2.45, 2.75) is 32.2 Å². The molecule has 2 rings (SSSR count). The van der Waals surface area contributed by atoms with Gasteiger partial charge in [0.25, 0.3) is 5.91 Å². The second-order valence-electron chi connectivity index (χ2n) is 4.37. The molecule has 4 nitrogen and oxygen atoms in total. The molecule has 1 aromatic rings. The van der Waals surface area contributed by atoms with Gasteiger partial charge < -0.3 is 10.4 Å². The number of carbonyl (C=O) groups is 2. The van der Waals surface area contributed by atoms with Gasteiger partial charge in [0.15, 0.2) is 0 Å². The highest BCUT2D eigenvalue weighted by Crippen LogP contribution is 2.22. The van der Waals surface area contributed by atoms with Crippen LogP contribution in [0.1, 0.15) is 34.8 Å². The van der Waals surface area contributed by atoms with E-state index < -0.39 is 12.0 Å². The molecule has 0 heterocycles. The van der Waals surface area contributed by atoms with E-state index in [1.54, 1.807) is 6.07 Å². The number of benzene rings is 1. The summed E-state index contributed by atoms with van der Waals surface area (Å²) in [6.07, 6.45) is 3.21. The number of nitrogens with one attached hydrogen (secondary N) is 1. The summed E-state index contributed by atoms with van der Waals surface area (Å²) in [5.74, 6) is -1.35. The fourth-order valence-corrected chi connectivity index (χ4v) is 2.05. The SMILES string of the molecule is C[C@@H](NC(=O)c1ccc2c(c1)CCC2)C(=O)O. The molecule has 0 spiro atoms. The number of aryl methyl sites for hydroxylation is 2. The van der Waals surface area contributed by atoms with Crippen LogP contribution in [-0.4, -0.2) is 23.0 Å². The molecule has 0 radical (unpaired) electrons. The van der Waals surface area contributed by atoms with Crippen molar-refractivity contribution < 1.29 is 14.7 Å². The van der Waals surface area contributed by atoms with Gasteiger partial charge in [-0.1, -0.05) is 6.07 Å². The normalized spacial score (nSPS) is 15.1. The molecule has 0 aromatic heterocycles. The van der Waals surface area contributed by atoms with Crippen molar-refractivity contribution in [2.24, 2.45) is 0 Å². The quantitative estimate of drug-likeness (QED) is 0.828. The highest BCUT2D eigenvalue weighted by atomic mass is 16.4. The third-order valence-corrected chi connectivity index (χ3v) is 3.08. The Hall–Kier alpha value is -1.84. The van der Waals surface area contributed by atoms with E-state index in [0.717, 1.165) is 19.3 Å². The first-order valence-corrected chi connectivity index (χ1v) is 5.73. The Morgan fingerprint density at radius 2 is 2.00 bits per heavy atom. The molecule has 4 heteroatoms. The van der Waals surface area contributed by atoms with Gasteiger partial charge in [-0.15, -0.1) is 0 Å². The van der Waals surface area contributed by atoms with Gasteiger partial charge in [-0.05, 0) is 49.4 Å². The molecule has 0 fully saturated rings. The fraction of sp³-hybridized carbons (Fsp3) is 0.385. The molecule has 17 heavy (non-hydrogen) atoms. The van der Waals surface area contributed by atoms with Crippen LogP contribution in [0.25, 0.3) is 0 Å². The minimum absolute atomic E-state index is 0.324. The maximum absolute atomic E-state index is 11.8. The number of carboxylic acid groups (broad SMARTS) is 1. The number of aliphatic carboxylic acids is 1. The molecule has 0 unspecified atom stereocenters. The van der Waals surface area contributed by atoms with Crippen molar-refractivity contribution in [3.63, 3.8) is 0 Å². The Morgan fingerprint density at radius 1 is 1.29 bits per heavy atom. The van der Waals surface area contributed by atoms with Crippen molar-refractivity contribution in [1.29, 1.82) is 0 Å². The minimum Gasteiger partial charge on any atom is -0.480 e. The van der Waals surface area contributed by atoms with Gasteiger partial charge in [0.1, 0.15) is 6.04 Å². The van der Waals surface area contributed by atoms with Crippen molar-refractivity contribution in [2.75, 3.05) is 0 Å². The zero-order valence-corrected chi connectivity index (χ0v) is 9.69. The molecule has 0 bridgehead atoms. The third-order valence-electron chi connectivity index (χ3n) is 3.08. The van der Waals surface area contributed by atoms with Crippen LogP contribution in [0.5, 0.6) is 0 Å². The van der Waals surface area contributed by atoms with E-state index in [-0.39, 0.29) is 5.91 Å². The number of hydrogen-bond acceptors (Lipinski definition) is 2. The van der Waals surface area contributed by atoms with Gasteiger partial charge in [0.2, 0.25) is 0 Å². The van der Waals surface area contributed by atoms with E-state index in [1.165, 1.54) is 18.1 Å². The molecule has 1 atom stereocenters. The Bertz CT molecular complexity index is 468. The largest absolute Gasteiger partial charge is 0.480 e. The molecule has 90 valence electrons. The van der Waals surface area contributed by atoms with Crippen LogP contribution in [-0.2, 0) is 17.6 Å². The van der Waals surface area contributed by atoms with E-state index in [1.807, 2.05) is 12.1 Å². The molecule has 0 saturated carbocycles. The number of fused-ring (bicyclic) bond motifs is 1. The predicted molar refractivity (Wildman–Crippen MR) is 63.0 cm³/mol. The summed E-state index contributed by atoms with van der Waals surface area (Å²) in [7, 11) is 0. The molecule has 0 saturated heterocycles. The lowest BCUT2D eigenvalue weighted by molar-refractivity contribution is -0.138. The highest BCUT2D eigenvalue weighted by Gasteiger charge is 2.17. The zero-order valence-electron chi connectivity index (χ0n) is 9.69. The molecular formula is C13H15NO3. The molecule has 1 aliphatic rings. The van der Waals surface area contributed by atoms with Gasteiger partial charge in [-0.3, -0.25) is 9.59 Å². The van der Waals surface area contributed by atoms with Crippen molar-refractivity contribution in [1.82, 2.24) is 5.32 Å². The minimum atomic E-state index is -1.03. The van der Waals surface area contributed by atoms with Crippen LogP contribution in [0, 0.1) is 0 Å². The van der Waals surface area contributed by atoms with E-state index in [9.17, 15) is 9.59 Å². The Morgan fingerprint density at radius 3 is 2.71 bits per heavy atom. The summed E-state index contributed by atoms with van der Waals surface area (Å²) in [5.41, 5.74) is 3.05. The predicted octanol–water partition coefficient (Wildman–Crippen LogP) is 1.38. The molecule has 1 aliphatic carbocycles. The van der Waals surface area contributed by atoms with Crippen LogP contribution in [0.15, 0.2) is 18.2 Å². The van der Waals surface area contributed by atoms with Crippen LogP contribution in [0.4, 0.5) is 0 Å². The number of hydrogen-bond donors (Lipinski definition) is 2. The first-order valence-electron chi connectivity index (χ1n) is 5.73. The molecule has 0 aliphatic heterocycles. The lowest BCUT2D eigenvalue weighted by Gasteiger charge is -2.10. The summed E-state index contributed by atoms with van der Waals surface area (Å²) in [4.78, 5) is 22.4. The van der Waals surface area contributed by atoms with Gasteiger partial charge >= 0.3 is 5.97 Å². The fourth-order valence-electron chi connectivity index (χ4n) is 2.05. The monoisotopic (exact) mass is 233 g/mol. The van der Waals surface area contributed by atoms with Crippen molar-refractivity contribution in [3.05, 3.63) is 34.9 Å². The second kappa shape index (κ2) is 4.57. The molecule has 1 aromatic carbocycles. The standard InChI is InChI=1S/C13H15NO3/c1-8(13(16)17)14-12(15)11-6-5-9-3-2-4-10(9)7-11/h5-8H,2-4H2,1H3,(H,14,15)(H,16,17)/t8-/m1/s1. The Balaban J connectivity index is 2.12. The van der Waals surface area contributed by atoms with Crippen LogP contribution in [0.3, 0.4) is 0 Å². The number of carboxylic acids is 1. The van der Waals surface area contributed by atoms with E-state index in [2.05, 4.69) is 5.32 Å². The second-order valence-corrected chi connectivity index (χ2v) is 4.37. The summed E-state index contributed by atoms with van der Waals surface area (Å²) < 4.78 is 0. The number of carbonyl (C=O) groups excluding carboxylic acids is 1. The van der Waals surface area contributed by atoms with Crippen molar-refractivity contribution in [3.8, 4) is 0 Å². The smallest absolute Gasteiger partial charge is 0.325 e. The maximum atomic E-state index is 11.8. The van der Waals surface area contributed by atoms with E-state index >= 15 is 0 Å². The zero-order chi connectivity index (χ0) is 12.4. The lowest BCUT2D eigenvalue weighted by Crippen LogP contribution is -2.38. The van der Waals surface area contributed by atoms with Gasteiger partial charge in [-0.25, -0.2) is 0 Å². The van der Waals surface area contributed by atoms with Crippen LogP contribution < -0.4 is 5.32 Å². The Kier molecular flexibility index (Phi) is 3.13. The van der Waals surface area contributed by atoms with Gasteiger partial charge in [0.05, 0.1) is 0 Å². The summed E-state index contributed by atoms with van der Waals surface area (Å²) in [6, 6.07) is 4.72. The van der Waals surface area contributed by atoms with Crippen LogP contribution in [0.2, 0.25) is 0 Å². The molecular weight excluding hydrogens is 218 g/mol. The van der Waals surface area contributed by atoms with Gasteiger partial charge in [0, 0.05) is 5.56 Å². The topological polar surface area (TPSA) is 66.4 Å². The maximum Gasteiger partial charge on any atom is 0.325 e. The van der Waals surface area contributed by atoms with E-state index in [4.69, 9.17) is 5.11 Å². The first-order chi connectivity index (χ1) is 8.08. The first kappa shape index (κ1) is 11.6. The summed E-state index contributed by atoms with van der Waals surface area (Å²) >= 11 is 0. The summed E-state index contributed by atoms with van der Waals surface area (Å²) in [5, 5.41) is 11.2. The van der Waals surface area contributed by atoms with Gasteiger partial charge in [-0.2, -0.15) is 0 Å². The average Bonchev–Trinajstić information content (AvgIpc) is 2.75. The lowest BCUT2D eigenvalue weighted by atomic mass is 10.1. The molecule has 2 N–H and O–H groups in total. The van der Waals surface area contributed by atoms with E-state index in [0.29, 0.717) is 5.56 Å². The molecule has 1 amide bonds.